The highest BCUT2D eigenvalue weighted by atomic mass is 19.4. The van der Waals surface area contributed by atoms with E-state index in [1.807, 2.05) is 0 Å². The van der Waals surface area contributed by atoms with Gasteiger partial charge in [-0.2, -0.15) is 13.2 Å². The third-order valence-corrected chi connectivity index (χ3v) is 2.10. The second-order valence-corrected chi connectivity index (χ2v) is 3.52. The van der Waals surface area contributed by atoms with Gasteiger partial charge in [0.1, 0.15) is 5.69 Å². The van der Waals surface area contributed by atoms with Gasteiger partial charge >= 0.3 is 6.18 Å². The highest BCUT2D eigenvalue weighted by Crippen LogP contribution is 2.19. The summed E-state index contributed by atoms with van der Waals surface area (Å²) in [5, 5.41) is 0. The van der Waals surface area contributed by atoms with Crippen LogP contribution < -0.4 is 11.3 Å². The third-order valence-electron chi connectivity index (χ3n) is 2.10. The van der Waals surface area contributed by atoms with Crippen LogP contribution in [0, 0.1) is 0 Å². The molecule has 1 heterocycles. The maximum Gasteiger partial charge on any atom is 0.390 e. The number of hydrazine groups is 1. The Labute approximate surface area is 101 Å². The van der Waals surface area contributed by atoms with Crippen LogP contribution in [0.1, 0.15) is 16.9 Å². The molecular formula is C9H12F3N5O. The predicted octanol–water partition coefficient (Wildman–Crippen LogP) is 0.787. The molecule has 0 unspecified atom stereocenters. The summed E-state index contributed by atoms with van der Waals surface area (Å²) >= 11 is 0. The fourth-order valence-electron chi connectivity index (χ4n) is 1.10. The van der Waals surface area contributed by atoms with Crippen molar-refractivity contribution in [3.63, 3.8) is 0 Å². The van der Waals surface area contributed by atoms with Gasteiger partial charge in [0.25, 0.3) is 5.91 Å². The van der Waals surface area contributed by atoms with E-state index in [0.29, 0.717) is 0 Å². The molecule has 0 aliphatic heterocycles. The highest BCUT2D eigenvalue weighted by molar-refractivity contribution is 5.91. The summed E-state index contributed by atoms with van der Waals surface area (Å²) in [6.07, 6.45) is -3.01. The standard InChI is InChI=1S/C9H12F3N5O/c1-17(3-2-9(10,11)12)8(18)6-4-15-7(16-13)5-14-6/h4-5H,2-3,13H2,1H3,(H,15,16). The Balaban J connectivity index is 2.62. The summed E-state index contributed by atoms with van der Waals surface area (Å²) in [5.41, 5.74) is 2.18. The number of aromatic nitrogens is 2. The van der Waals surface area contributed by atoms with Crippen molar-refractivity contribution in [1.29, 1.82) is 0 Å². The predicted molar refractivity (Wildman–Crippen MR) is 57.5 cm³/mol. The van der Waals surface area contributed by atoms with Crippen molar-refractivity contribution >= 4 is 11.7 Å². The average molecular weight is 263 g/mol. The topological polar surface area (TPSA) is 84.1 Å². The van der Waals surface area contributed by atoms with Gasteiger partial charge in [-0.05, 0) is 0 Å². The SMILES string of the molecule is CN(CCC(F)(F)F)C(=O)c1cnc(NN)cn1. The van der Waals surface area contributed by atoms with E-state index < -0.39 is 25.0 Å². The second kappa shape index (κ2) is 5.63. The smallest absolute Gasteiger partial charge is 0.340 e. The Kier molecular flexibility index (Phi) is 4.43. The lowest BCUT2D eigenvalue weighted by atomic mass is 10.3. The van der Waals surface area contributed by atoms with E-state index in [0.717, 1.165) is 11.1 Å². The number of amides is 1. The first-order valence-corrected chi connectivity index (χ1v) is 4.94. The van der Waals surface area contributed by atoms with Crippen molar-refractivity contribution in [2.75, 3.05) is 19.0 Å². The minimum Gasteiger partial charge on any atom is -0.340 e. The normalized spacial score (nSPS) is 11.2. The van der Waals surface area contributed by atoms with E-state index in [1.54, 1.807) is 0 Å². The Hall–Kier alpha value is -1.90. The lowest BCUT2D eigenvalue weighted by Crippen LogP contribution is -2.31. The number of rotatable bonds is 4. The van der Waals surface area contributed by atoms with E-state index in [1.165, 1.54) is 13.2 Å². The fraction of sp³-hybridized carbons (Fsp3) is 0.444. The van der Waals surface area contributed by atoms with Gasteiger partial charge in [0.2, 0.25) is 0 Å². The molecule has 3 N–H and O–H groups in total. The van der Waals surface area contributed by atoms with Crippen molar-refractivity contribution in [2.24, 2.45) is 5.84 Å². The minimum absolute atomic E-state index is 0.0429. The number of halogens is 3. The molecule has 0 aliphatic rings. The number of carbonyl (C=O) groups is 1. The Bertz CT molecular complexity index is 406. The van der Waals surface area contributed by atoms with Crippen LogP contribution in [0.4, 0.5) is 19.0 Å². The zero-order chi connectivity index (χ0) is 13.8. The van der Waals surface area contributed by atoms with Gasteiger partial charge < -0.3 is 10.3 Å². The molecule has 0 aliphatic carbocycles. The summed E-state index contributed by atoms with van der Waals surface area (Å²) in [7, 11) is 1.27. The van der Waals surface area contributed by atoms with Gasteiger partial charge in [-0.3, -0.25) is 4.79 Å². The van der Waals surface area contributed by atoms with Gasteiger partial charge in [0, 0.05) is 13.6 Å². The van der Waals surface area contributed by atoms with Gasteiger partial charge in [0.05, 0.1) is 18.8 Å². The van der Waals surface area contributed by atoms with Crippen LogP contribution in [0.15, 0.2) is 12.4 Å². The molecule has 9 heteroatoms. The molecule has 18 heavy (non-hydrogen) atoms. The van der Waals surface area contributed by atoms with Crippen molar-refractivity contribution in [2.45, 2.75) is 12.6 Å². The van der Waals surface area contributed by atoms with Crippen LogP contribution in [-0.2, 0) is 0 Å². The van der Waals surface area contributed by atoms with Crippen LogP contribution in [-0.4, -0.2) is 40.5 Å². The molecule has 0 spiro atoms. The van der Waals surface area contributed by atoms with Crippen LogP contribution in [0.3, 0.4) is 0 Å². The van der Waals surface area contributed by atoms with E-state index >= 15 is 0 Å². The summed E-state index contributed by atoms with van der Waals surface area (Å²) in [5.74, 6) is 4.68. The maximum atomic E-state index is 12.0. The lowest BCUT2D eigenvalue weighted by molar-refractivity contribution is -0.136. The molecule has 1 aromatic rings. The Morgan fingerprint density at radius 1 is 1.44 bits per heavy atom. The van der Waals surface area contributed by atoms with Gasteiger partial charge in [-0.25, -0.2) is 15.8 Å². The van der Waals surface area contributed by atoms with Crippen LogP contribution in [0.2, 0.25) is 0 Å². The second-order valence-electron chi connectivity index (χ2n) is 3.52. The Morgan fingerprint density at radius 3 is 2.56 bits per heavy atom. The highest BCUT2D eigenvalue weighted by Gasteiger charge is 2.28. The number of hydrogen-bond donors (Lipinski definition) is 2. The molecular weight excluding hydrogens is 251 g/mol. The number of nitrogens with one attached hydrogen (secondary N) is 1. The monoisotopic (exact) mass is 263 g/mol. The first-order valence-electron chi connectivity index (χ1n) is 4.94. The molecule has 1 amide bonds. The first-order chi connectivity index (χ1) is 8.33. The maximum absolute atomic E-state index is 12.0. The average Bonchev–Trinajstić information content (AvgIpc) is 2.34. The van der Waals surface area contributed by atoms with Crippen LogP contribution >= 0.6 is 0 Å². The van der Waals surface area contributed by atoms with Crippen LogP contribution in [0.5, 0.6) is 0 Å². The molecule has 0 fully saturated rings. The third kappa shape index (κ3) is 4.17. The number of nitrogen functional groups attached to an aromatic ring is 1. The molecule has 0 atom stereocenters. The molecule has 0 saturated heterocycles. The van der Waals surface area contributed by atoms with Gasteiger partial charge in [-0.15, -0.1) is 0 Å². The van der Waals surface area contributed by atoms with Crippen molar-refractivity contribution in [1.82, 2.24) is 14.9 Å². The summed E-state index contributed by atoms with van der Waals surface area (Å²) < 4.78 is 36.0. The van der Waals surface area contributed by atoms with Gasteiger partial charge in [-0.1, -0.05) is 0 Å². The van der Waals surface area contributed by atoms with E-state index in [-0.39, 0.29) is 11.5 Å². The summed E-state index contributed by atoms with van der Waals surface area (Å²) in [4.78, 5) is 20.1. The number of nitrogens with two attached hydrogens (primary N) is 1. The first kappa shape index (κ1) is 14.2. The number of anilines is 1. The molecule has 1 aromatic heterocycles. The van der Waals surface area contributed by atoms with Crippen molar-refractivity contribution < 1.29 is 18.0 Å². The molecule has 0 radical (unpaired) electrons. The molecule has 0 aromatic carbocycles. The minimum atomic E-state index is -4.30. The van der Waals surface area contributed by atoms with E-state index in [9.17, 15) is 18.0 Å². The number of carbonyl (C=O) groups excluding carboxylic acids is 1. The molecule has 0 saturated carbocycles. The number of nitrogens with zero attached hydrogens (tertiary/aromatic N) is 3. The molecule has 1 rings (SSSR count). The number of alkyl halides is 3. The van der Waals surface area contributed by atoms with E-state index in [4.69, 9.17) is 5.84 Å². The molecule has 0 bridgehead atoms. The van der Waals surface area contributed by atoms with Crippen LogP contribution in [0.25, 0.3) is 0 Å². The number of hydrogen-bond acceptors (Lipinski definition) is 5. The zero-order valence-corrected chi connectivity index (χ0v) is 9.53. The Morgan fingerprint density at radius 2 is 2.11 bits per heavy atom. The molecule has 100 valence electrons. The molecule has 6 nitrogen and oxygen atoms in total. The van der Waals surface area contributed by atoms with Crippen molar-refractivity contribution in [3.05, 3.63) is 18.1 Å². The van der Waals surface area contributed by atoms with Crippen molar-refractivity contribution in [3.8, 4) is 0 Å². The largest absolute Gasteiger partial charge is 0.390 e. The lowest BCUT2D eigenvalue weighted by Gasteiger charge is -2.17. The van der Waals surface area contributed by atoms with Gasteiger partial charge in [0.15, 0.2) is 5.82 Å². The zero-order valence-electron chi connectivity index (χ0n) is 9.53. The van der Waals surface area contributed by atoms with E-state index in [2.05, 4.69) is 15.4 Å². The fourth-order valence-corrected chi connectivity index (χ4v) is 1.10. The quantitative estimate of drug-likeness (QED) is 0.619. The summed E-state index contributed by atoms with van der Waals surface area (Å²) in [6, 6.07) is 0. The summed E-state index contributed by atoms with van der Waals surface area (Å²) in [6.45, 7) is -0.430.